The number of alkyl halides is 3. The van der Waals surface area contributed by atoms with Crippen molar-refractivity contribution < 1.29 is 22.7 Å². The maximum atomic E-state index is 12.6. The van der Waals surface area contributed by atoms with E-state index < -0.39 is 12.4 Å². The molecule has 160 valence electrons. The Morgan fingerprint density at radius 3 is 2.65 bits per heavy atom. The highest BCUT2D eigenvalue weighted by molar-refractivity contribution is 7.12. The molecule has 31 heavy (non-hydrogen) atoms. The number of nitrogens with one attached hydrogen (secondary N) is 1. The van der Waals surface area contributed by atoms with Gasteiger partial charge in [0.15, 0.2) is 5.65 Å². The highest BCUT2D eigenvalue weighted by Crippen LogP contribution is 2.27. The van der Waals surface area contributed by atoms with Crippen LogP contribution in [0.15, 0.2) is 54.0 Å². The first-order chi connectivity index (χ1) is 14.7. The largest absolute Gasteiger partial charge is 0.573 e. The number of nitrogens with zero attached hydrogens (tertiary/aromatic N) is 3. The number of carbonyl (C=O) groups excluding carboxylic acids is 1. The van der Waals surface area contributed by atoms with Crippen LogP contribution < -0.4 is 15.8 Å². The summed E-state index contributed by atoms with van der Waals surface area (Å²) in [4.78, 5) is 17.2. The molecule has 3 N–H and O–H groups in total. The molecule has 0 radical (unpaired) electrons. The van der Waals surface area contributed by atoms with E-state index in [4.69, 9.17) is 5.73 Å². The van der Waals surface area contributed by atoms with E-state index in [1.54, 1.807) is 29.8 Å². The van der Waals surface area contributed by atoms with Gasteiger partial charge < -0.3 is 15.8 Å². The van der Waals surface area contributed by atoms with Crippen molar-refractivity contribution in [3.05, 3.63) is 64.5 Å². The van der Waals surface area contributed by atoms with Crippen molar-refractivity contribution in [3.8, 4) is 16.9 Å². The van der Waals surface area contributed by atoms with Gasteiger partial charge in [0.2, 0.25) is 5.95 Å². The molecule has 3 heterocycles. The number of hydrogen-bond acceptors (Lipinski definition) is 6. The van der Waals surface area contributed by atoms with E-state index in [9.17, 15) is 18.0 Å². The lowest BCUT2D eigenvalue weighted by Gasteiger charge is -2.15. The number of hydrogen-bond donors (Lipinski definition) is 2. The highest BCUT2D eigenvalue weighted by atomic mass is 32.1. The van der Waals surface area contributed by atoms with Crippen molar-refractivity contribution >= 4 is 28.8 Å². The fourth-order valence-corrected chi connectivity index (χ4v) is 3.81. The van der Waals surface area contributed by atoms with Gasteiger partial charge in [0, 0.05) is 11.8 Å². The third kappa shape index (κ3) is 4.77. The number of nitrogens with two attached hydrogens (primary N) is 1. The van der Waals surface area contributed by atoms with Gasteiger partial charge in [0.25, 0.3) is 5.91 Å². The van der Waals surface area contributed by atoms with Crippen molar-refractivity contribution in [1.82, 2.24) is 19.9 Å². The number of carbonyl (C=O) groups is 1. The molecule has 4 aromatic rings. The molecule has 0 saturated carbocycles. The monoisotopic (exact) mass is 447 g/mol. The summed E-state index contributed by atoms with van der Waals surface area (Å²) in [6, 6.07) is 10.4. The summed E-state index contributed by atoms with van der Waals surface area (Å²) in [6.07, 6.45) is -2.97. The molecule has 1 aromatic carbocycles. The smallest absolute Gasteiger partial charge is 0.406 e. The van der Waals surface area contributed by atoms with Crippen molar-refractivity contribution in [2.75, 3.05) is 5.73 Å². The second-order valence-electron chi connectivity index (χ2n) is 6.70. The second kappa shape index (κ2) is 7.91. The molecule has 1 amide bonds. The van der Waals surface area contributed by atoms with Crippen LogP contribution in [0.2, 0.25) is 0 Å². The van der Waals surface area contributed by atoms with Crippen molar-refractivity contribution in [1.29, 1.82) is 0 Å². The van der Waals surface area contributed by atoms with Crippen LogP contribution in [0.1, 0.15) is 28.2 Å². The summed E-state index contributed by atoms with van der Waals surface area (Å²) in [5.41, 5.74) is 8.56. The first-order valence-electron chi connectivity index (χ1n) is 9.05. The first kappa shape index (κ1) is 20.7. The SMILES string of the molecule is C[C@H](NC(=O)c1cc(-c2ccc3nc(N)nn3c2)cs1)c1ccc(OC(F)(F)F)cc1. The van der Waals surface area contributed by atoms with Crippen molar-refractivity contribution in [3.63, 3.8) is 0 Å². The Kier molecular flexibility index (Phi) is 5.27. The summed E-state index contributed by atoms with van der Waals surface area (Å²) in [5, 5.41) is 8.77. The molecular weight excluding hydrogens is 431 g/mol. The van der Waals surface area contributed by atoms with Crippen LogP contribution >= 0.6 is 11.3 Å². The highest BCUT2D eigenvalue weighted by Gasteiger charge is 2.31. The fourth-order valence-electron chi connectivity index (χ4n) is 2.99. The average Bonchev–Trinajstić information content (AvgIpc) is 3.32. The third-order valence-corrected chi connectivity index (χ3v) is 5.39. The number of halogens is 3. The zero-order valence-corrected chi connectivity index (χ0v) is 16.9. The number of pyridine rings is 1. The molecule has 0 unspecified atom stereocenters. The lowest BCUT2D eigenvalue weighted by Crippen LogP contribution is -2.25. The van der Waals surface area contributed by atoms with Gasteiger partial charge in [0.1, 0.15) is 5.75 Å². The number of amides is 1. The molecule has 0 bridgehead atoms. The second-order valence-corrected chi connectivity index (χ2v) is 7.61. The van der Waals surface area contributed by atoms with Crippen LogP contribution in [0, 0.1) is 0 Å². The minimum atomic E-state index is -4.75. The van der Waals surface area contributed by atoms with Crippen LogP contribution in [0.3, 0.4) is 0 Å². The maximum Gasteiger partial charge on any atom is 0.573 e. The van der Waals surface area contributed by atoms with Gasteiger partial charge in [0.05, 0.1) is 10.9 Å². The van der Waals surface area contributed by atoms with Crippen LogP contribution in [0.25, 0.3) is 16.8 Å². The number of anilines is 1. The summed E-state index contributed by atoms with van der Waals surface area (Å²) in [6.45, 7) is 1.75. The Bertz CT molecular complexity index is 1230. The maximum absolute atomic E-state index is 12.6. The molecule has 1 atom stereocenters. The number of rotatable bonds is 5. The van der Waals surface area contributed by atoms with Crippen LogP contribution in [0.4, 0.5) is 19.1 Å². The number of benzene rings is 1. The van der Waals surface area contributed by atoms with E-state index in [-0.39, 0.29) is 17.6 Å². The van der Waals surface area contributed by atoms with E-state index in [0.717, 1.165) is 11.1 Å². The molecule has 0 aliphatic heterocycles. The topological polar surface area (TPSA) is 94.5 Å². The standard InChI is InChI=1S/C20H16F3N5O2S/c1-11(12-2-5-15(6-3-12)30-20(21,22)23)25-18(29)16-8-14(10-31-16)13-4-7-17-26-19(24)27-28(17)9-13/h2-11H,1H3,(H2,24,27)(H,25,29)/t11-/m0/s1. The van der Waals surface area contributed by atoms with E-state index in [1.807, 2.05) is 11.4 Å². The van der Waals surface area contributed by atoms with Gasteiger partial charge in [-0.05, 0) is 53.8 Å². The van der Waals surface area contributed by atoms with Crippen LogP contribution in [-0.4, -0.2) is 26.9 Å². The van der Waals surface area contributed by atoms with Crippen molar-refractivity contribution in [2.24, 2.45) is 0 Å². The number of thiophene rings is 1. The minimum absolute atomic E-state index is 0.175. The fraction of sp³-hybridized carbons (Fsp3) is 0.150. The quantitative estimate of drug-likeness (QED) is 0.472. The van der Waals surface area contributed by atoms with Gasteiger partial charge >= 0.3 is 6.36 Å². The summed E-state index contributed by atoms with van der Waals surface area (Å²) >= 11 is 1.28. The molecular formula is C20H16F3N5O2S. The Balaban J connectivity index is 1.44. The summed E-state index contributed by atoms with van der Waals surface area (Å²) < 4.78 is 42.2. The Morgan fingerprint density at radius 2 is 1.94 bits per heavy atom. The number of aromatic nitrogens is 3. The molecule has 0 aliphatic rings. The molecule has 0 fully saturated rings. The number of fused-ring (bicyclic) bond motifs is 1. The van der Waals surface area contributed by atoms with E-state index >= 15 is 0 Å². The summed E-state index contributed by atoms with van der Waals surface area (Å²) in [5.74, 6) is -0.427. The van der Waals surface area contributed by atoms with Gasteiger partial charge in [-0.15, -0.1) is 29.6 Å². The lowest BCUT2D eigenvalue weighted by atomic mass is 10.1. The molecule has 3 aromatic heterocycles. The van der Waals surface area contributed by atoms with Crippen LogP contribution in [-0.2, 0) is 0 Å². The Morgan fingerprint density at radius 1 is 1.19 bits per heavy atom. The lowest BCUT2D eigenvalue weighted by molar-refractivity contribution is -0.274. The van der Waals surface area contributed by atoms with E-state index in [0.29, 0.717) is 16.1 Å². The van der Waals surface area contributed by atoms with Crippen LogP contribution in [0.5, 0.6) is 5.75 Å². The predicted octanol–water partition coefficient (Wildman–Crippen LogP) is 4.43. The zero-order chi connectivity index (χ0) is 22.2. The number of nitrogen functional groups attached to an aromatic ring is 1. The molecule has 11 heteroatoms. The molecule has 0 aliphatic carbocycles. The predicted molar refractivity (Wildman–Crippen MR) is 110 cm³/mol. The van der Waals surface area contributed by atoms with Gasteiger partial charge in [-0.3, -0.25) is 4.79 Å². The van der Waals surface area contributed by atoms with E-state index in [1.165, 1.54) is 35.6 Å². The average molecular weight is 447 g/mol. The third-order valence-electron chi connectivity index (χ3n) is 4.47. The Hall–Kier alpha value is -3.60. The minimum Gasteiger partial charge on any atom is -0.406 e. The molecule has 4 rings (SSSR count). The van der Waals surface area contributed by atoms with Gasteiger partial charge in [-0.2, -0.15) is 4.98 Å². The zero-order valence-electron chi connectivity index (χ0n) is 16.1. The van der Waals surface area contributed by atoms with Gasteiger partial charge in [-0.25, -0.2) is 4.52 Å². The van der Waals surface area contributed by atoms with Crippen molar-refractivity contribution in [2.45, 2.75) is 19.3 Å². The molecule has 7 nitrogen and oxygen atoms in total. The molecule has 0 saturated heterocycles. The number of ether oxygens (including phenoxy) is 1. The Labute approximate surface area is 178 Å². The normalized spacial score (nSPS) is 12.6. The molecule has 0 spiro atoms. The van der Waals surface area contributed by atoms with E-state index in [2.05, 4.69) is 20.1 Å². The first-order valence-corrected chi connectivity index (χ1v) is 9.93. The summed E-state index contributed by atoms with van der Waals surface area (Å²) in [7, 11) is 0. The van der Waals surface area contributed by atoms with Gasteiger partial charge in [-0.1, -0.05) is 12.1 Å².